The molecule has 0 aliphatic rings. The predicted molar refractivity (Wildman–Crippen MR) is 72.2 cm³/mol. The Labute approximate surface area is 132 Å². The van der Waals surface area contributed by atoms with E-state index in [-0.39, 0.29) is 5.56 Å². The van der Waals surface area contributed by atoms with E-state index in [2.05, 4.69) is 9.72 Å². The number of carbonyl (C=O) groups excluding carboxylic acids is 2. The molecule has 10 heteroatoms. The lowest BCUT2D eigenvalue weighted by molar-refractivity contribution is -0.0501. The Balaban J connectivity index is 2.08. The number of amides is 2. The molecule has 0 aliphatic heterocycles. The second-order valence-corrected chi connectivity index (χ2v) is 4.29. The van der Waals surface area contributed by atoms with Crippen LogP contribution in [0.2, 0.25) is 0 Å². The lowest BCUT2D eigenvalue weighted by Gasteiger charge is -2.10. The highest BCUT2D eigenvalue weighted by Crippen LogP contribution is 2.22. The summed E-state index contributed by atoms with van der Waals surface area (Å²) in [4.78, 5) is 27.1. The van der Waals surface area contributed by atoms with Crippen molar-refractivity contribution >= 4 is 11.8 Å². The van der Waals surface area contributed by atoms with E-state index < -0.39 is 41.4 Å². The van der Waals surface area contributed by atoms with E-state index in [1.54, 1.807) is 5.43 Å². The van der Waals surface area contributed by atoms with Crippen LogP contribution in [0, 0.1) is 11.6 Å². The second-order valence-electron chi connectivity index (χ2n) is 4.29. The summed E-state index contributed by atoms with van der Waals surface area (Å²) in [6.45, 7) is -3.28. The van der Waals surface area contributed by atoms with Gasteiger partial charge in [-0.25, -0.2) is 8.78 Å². The van der Waals surface area contributed by atoms with Crippen LogP contribution in [0.15, 0.2) is 36.7 Å². The summed E-state index contributed by atoms with van der Waals surface area (Å²) in [6, 6.07) is 3.71. The number of hydrogen-bond acceptors (Lipinski definition) is 4. The molecule has 0 saturated carbocycles. The fourth-order valence-corrected chi connectivity index (χ4v) is 1.68. The predicted octanol–water partition coefficient (Wildman–Crippen LogP) is 2.04. The summed E-state index contributed by atoms with van der Waals surface area (Å²) in [6.07, 6.45) is 2.63. The van der Waals surface area contributed by atoms with E-state index in [0.717, 1.165) is 0 Å². The number of pyridine rings is 1. The SMILES string of the molecule is O=C(NNC(=O)c1c(F)cc(OC(F)F)cc1F)c1cccnc1. The molecule has 6 nitrogen and oxygen atoms in total. The minimum absolute atomic E-state index is 0.0967. The van der Waals surface area contributed by atoms with Gasteiger partial charge in [-0.05, 0) is 12.1 Å². The van der Waals surface area contributed by atoms with E-state index >= 15 is 0 Å². The first-order valence-electron chi connectivity index (χ1n) is 6.33. The molecule has 24 heavy (non-hydrogen) atoms. The molecule has 0 unspecified atom stereocenters. The Morgan fingerprint density at radius 1 is 1.08 bits per heavy atom. The zero-order chi connectivity index (χ0) is 17.7. The van der Waals surface area contributed by atoms with Gasteiger partial charge in [0.2, 0.25) is 0 Å². The summed E-state index contributed by atoms with van der Waals surface area (Å²) in [7, 11) is 0. The molecule has 1 aromatic carbocycles. The first kappa shape index (κ1) is 17.2. The minimum Gasteiger partial charge on any atom is -0.435 e. The van der Waals surface area contributed by atoms with Gasteiger partial charge in [0.25, 0.3) is 11.8 Å². The van der Waals surface area contributed by atoms with Crippen molar-refractivity contribution in [3.8, 4) is 5.75 Å². The van der Waals surface area contributed by atoms with Crippen molar-refractivity contribution in [2.24, 2.45) is 0 Å². The third kappa shape index (κ3) is 4.18. The number of benzene rings is 1. The number of nitrogens with one attached hydrogen (secondary N) is 2. The highest BCUT2D eigenvalue weighted by Gasteiger charge is 2.21. The smallest absolute Gasteiger partial charge is 0.387 e. The molecule has 0 radical (unpaired) electrons. The summed E-state index contributed by atoms with van der Waals surface area (Å²) in [5.41, 5.74) is 2.77. The summed E-state index contributed by atoms with van der Waals surface area (Å²) in [5, 5.41) is 0. The quantitative estimate of drug-likeness (QED) is 0.658. The van der Waals surface area contributed by atoms with Gasteiger partial charge >= 0.3 is 6.61 Å². The van der Waals surface area contributed by atoms with Gasteiger partial charge in [0.15, 0.2) is 0 Å². The topological polar surface area (TPSA) is 80.3 Å². The number of hydrazine groups is 1. The molecule has 0 saturated heterocycles. The number of nitrogens with zero attached hydrogens (tertiary/aromatic N) is 1. The van der Waals surface area contributed by atoms with Gasteiger partial charge < -0.3 is 4.74 Å². The monoisotopic (exact) mass is 343 g/mol. The van der Waals surface area contributed by atoms with Gasteiger partial charge in [-0.1, -0.05) is 0 Å². The van der Waals surface area contributed by atoms with Crippen molar-refractivity contribution in [3.05, 3.63) is 59.4 Å². The Morgan fingerprint density at radius 3 is 2.25 bits per heavy atom. The van der Waals surface area contributed by atoms with Gasteiger partial charge in [-0.3, -0.25) is 25.4 Å². The van der Waals surface area contributed by atoms with Crippen LogP contribution < -0.4 is 15.6 Å². The molecule has 0 spiro atoms. The van der Waals surface area contributed by atoms with Crippen LogP contribution in [0.25, 0.3) is 0 Å². The molecule has 2 amide bonds. The fourth-order valence-electron chi connectivity index (χ4n) is 1.68. The highest BCUT2D eigenvalue weighted by atomic mass is 19.3. The number of carbonyl (C=O) groups is 2. The maximum Gasteiger partial charge on any atom is 0.387 e. The van der Waals surface area contributed by atoms with Crippen LogP contribution in [-0.4, -0.2) is 23.4 Å². The van der Waals surface area contributed by atoms with Gasteiger partial charge in [-0.2, -0.15) is 8.78 Å². The molecule has 0 bridgehead atoms. The number of halogens is 4. The number of aromatic nitrogens is 1. The normalized spacial score (nSPS) is 10.4. The maximum atomic E-state index is 13.7. The summed E-state index contributed by atoms with van der Waals surface area (Å²) in [5.74, 6) is -5.73. The number of ether oxygens (including phenoxy) is 1. The Bertz CT molecular complexity index is 733. The molecule has 0 aliphatic carbocycles. The fraction of sp³-hybridized carbons (Fsp3) is 0.0714. The zero-order valence-corrected chi connectivity index (χ0v) is 11.7. The molecular formula is C14H9F4N3O3. The van der Waals surface area contributed by atoms with E-state index in [4.69, 9.17) is 0 Å². The van der Waals surface area contributed by atoms with E-state index in [0.29, 0.717) is 12.1 Å². The third-order valence-corrected chi connectivity index (χ3v) is 2.68. The van der Waals surface area contributed by atoms with E-state index in [1.807, 2.05) is 5.43 Å². The Kier molecular flexibility index (Phi) is 5.30. The van der Waals surface area contributed by atoms with Crippen LogP contribution in [0.5, 0.6) is 5.75 Å². The van der Waals surface area contributed by atoms with Crippen LogP contribution >= 0.6 is 0 Å². The molecule has 1 heterocycles. The van der Waals surface area contributed by atoms with Crippen molar-refractivity contribution < 1.29 is 31.9 Å². The molecule has 0 atom stereocenters. The lowest BCUT2D eigenvalue weighted by Crippen LogP contribution is -2.42. The van der Waals surface area contributed by atoms with Crippen LogP contribution in [0.4, 0.5) is 17.6 Å². The minimum atomic E-state index is -3.28. The molecule has 2 N–H and O–H groups in total. The van der Waals surface area contributed by atoms with Gasteiger partial charge in [0.05, 0.1) is 5.56 Å². The molecule has 0 fully saturated rings. The average molecular weight is 343 g/mol. The van der Waals surface area contributed by atoms with Crippen molar-refractivity contribution in [1.29, 1.82) is 0 Å². The maximum absolute atomic E-state index is 13.7. The first-order chi connectivity index (χ1) is 11.4. The third-order valence-electron chi connectivity index (χ3n) is 2.68. The van der Waals surface area contributed by atoms with Gasteiger partial charge in [0.1, 0.15) is 22.9 Å². The first-order valence-corrected chi connectivity index (χ1v) is 6.33. The largest absolute Gasteiger partial charge is 0.435 e. The van der Waals surface area contributed by atoms with E-state index in [9.17, 15) is 27.2 Å². The van der Waals surface area contributed by atoms with Gasteiger partial charge in [0, 0.05) is 24.5 Å². The molecule has 126 valence electrons. The van der Waals surface area contributed by atoms with Crippen LogP contribution in [0.1, 0.15) is 20.7 Å². The summed E-state index contributed by atoms with van der Waals surface area (Å²) < 4.78 is 55.3. The van der Waals surface area contributed by atoms with Crippen molar-refractivity contribution in [3.63, 3.8) is 0 Å². The average Bonchev–Trinajstić information content (AvgIpc) is 2.52. The van der Waals surface area contributed by atoms with Crippen molar-refractivity contribution in [2.75, 3.05) is 0 Å². The molecule has 2 rings (SSSR count). The standard InChI is InChI=1S/C14H9F4N3O3/c15-9-4-8(24-14(17)18)5-10(16)11(9)13(23)21-20-12(22)7-2-1-3-19-6-7/h1-6,14H,(H,20,22)(H,21,23). The summed E-state index contributed by atoms with van der Waals surface area (Å²) >= 11 is 0. The molecule has 2 aromatic rings. The van der Waals surface area contributed by atoms with E-state index in [1.165, 1.54) is 24.5 Å². The van der Waals surface area contributed by atoms with Crippen LogP contribution in [-0.2, 0) is 0 Å². The lowest BCUT2D eigenvalue weighted by atomic mass is 10.2. The van der Waals surface area contributed by atoms with Gasteiger partial charge in [-0.15, -0.1) is 0 Å². The Hall–Kier alpha value is -3.17. The Morgan fingerprint density at radius 2 is 1.71 bits per heavy atom. The number of hydrogen-bond donors (Lipinski definition) is 2. The molecular weight excluding hydrogens is 334 g/mol. The highest BCUT2D eigenvalue weighted by molar-refractivity contribution is 5.99. The number of rotatable bonds is 4. The van der Waals surface area contributed by atoms with Crippen molar-refractivity contribution in [1.82, 2.24) is 15.8 Å². The van der Waals surface area contributed by atoms with Crippen LogP contribution in [0.3, 0.4) is 0 Å². The number of alkyl halides is 2. The second kappa shape index (κ2) is 7.40. The zero-order valence-electron chi connectivity index (χ0n) is 11.7. The van der Waals surface area contributed by atoms with Crippen molar-refractivity contribution in [2.45, 2.75) is 6.61 Å². The molecule has 1 aromatic heterocycles.